The van der Waals surface area contributed by atoms with Crippen molar-refractivity contribution in [2.24, 2.45) is 80.8 Å². The molecule has 130 heavy (non-hydrogen) atoms. The standard InChI is InChI=1S/C130H259/c1-22-42-52-57-62-65-66-67-69-73-78-88-108-128(112-122(92-34-13)100-81-49-29-8,116(21)110-120(90-32-11)98-79-47-27-6)130(115-124(94-36-15)102-83-51-31-10,125(41-20)104-87-77-72-68-63-58-53-43-23-2)129(114-123(93-35-14)101-82-50-30-9,113-119(40-19)97-86-76-71-64-59-54-44-24-3)127(107-37-16,109-106-118(39-18)96-85-75-70-60-55-45-25-4)126(111-121(91-33-12)99-80-48-28-7)105-89-103-117(38-17)95-84-74-61-56-46-26-5/h66-67,116-125H,22-65,68-115H2,1-21H3. The lowest BCUT2D eigenvalue weighted by Gasteiger charge is -2.75. The van der Waals surface area contributed by atoms with Crippen molar-refractivity contribution < 1.29 is 0 Å². The molecule has 0 nitrogen and oxygen atoms in total. The molecule has 0 amide bonds. The Morgan fingerprint density at radius 3 is 0.892 bits per heavy atom. The first kappa shape index (κ1) is 130. The molecule has 0 spiro atoms. The molecule has 0 aromatic rings. The Kier molecular flexibility index (Phi) is 92.3. The van der Waals surface area contributed by atoms with E-state index in [0.717, 1.165) is 47.3 Å². The van der Waals surface area contributed by atoms with E-state index in [4.69, 9.17) is 0 Å². The maximum atomic E-state index is 3.24. The van der Waals surface area contributed by atoms with Gasteiger partial charge >= 0.3 is 0 Å². The first-order valence-corrected chi connectivity index (χ1v) is 63.2. The molecule has 0 N–H and O–H groups in total. The maximum Gasteiger partial charge on any atom is -0.0145 e. The second-order valence-corrected chi connectivity index (χ2v) is 46.5. The minimum atomic E-state index is 0.117. The van der Waals surface area contributed by atoms with Gasteiger partial charge in [0.15, 0.2) is 0 Å². The zero-order valence-corrected chi connectivity index (χ0v) is 95.5. The van der Waals surface area contributed by atoms with Crippen LogP contribution in [0.2, 0.25) is 0 Å². The zero-order valence-electron chi connectivity index (χ0n) is 95.5. The van der Waals surface area contributed by atoms with Gasteiger partial charge in [-0.1, -0.05) is 646 Å². The number of hydrogen-bond acceptors (Lipinski definition) is 0. The third kappa shape index (κ3) is 57.0. The van der Waals surface area contributed by atoms with Crippen LogP contribution in [0.15, 0.2) is 12.2 Å². The van der Waals surface area contributed by atoms with E-state index in [1.807, 2.05) is 0 Å². The number of unbranched alkanes of at least 4 members (excludes halogenated alkanes) is 44. The molecule has 0 aliphatic carbocycles. The lowest BCUT2D eigenvalue weighted by Crippen LogP contribution is -2.68. The molecular formula is C130H259. The van der Waals surface area contributed by atoms with Gasteiger partial charge in [0.2, 0.25) is 0 Å². The quantitative estimate of drug-likeness (QED) is 0.0421. The maximum absolute atomic E-state index is 3.24. The Morgan fingerprint density at radius 2 is 0.500 bits per heavy atom. The molecule has 0 heteroatoms. The predicted octanol–water partition coefficient (Wildman–Crippen LogP) is 48.5. The summed E-state index contributed by atoms with van der Waals surface area (Å²) in [5.41, 5.74) is 0.552. The first-order chi connectivity index (χ1) is 63.6. The van der Waals surface area contributed by atoms with Gasteiger partial charge in [-0.05, 0) is 189 Å². The van der Waals surface area contributed by atoms with Gasteiger partial charge in [-0.2, -0.15) is 0 Å². The summed E-state index contributed by atoms with van der Waals surface area (Å²) in [5, 5.41) is 0. The van der Waals surface area contributed by atoms with E-state index in [-0.39, 0.29) is 21.7 Å². The normalized spacial score (nSPS) is 16.5. The second-order valence-electron chi connectivity index (χ2n) is 46.5. The molecule has 1 radical (unpaired) electrons. The highest BCUT2D eigenvalue weighted by atomic mass is 14.8. The molecule has 0 rings (SSSR count). The van der Waals surface area contributed by atoms with E-state index in [9.17, 15) is 0 Å². The highest BCUT2D eigenvalue weighted by Crippen LogP contribution is 2.80. The second kappa shape index (κ2) is 92.5. The van der Waals surface area contributed by atoms with Crippen LogP contribution in [0.1, 0.15) is 736 Å². The smallest absolute Gasteiger partial charge is 0.0145 e. The highest BCUT2D eigenvalue weighted by molar-refractivity contribution is 5.26. The van der Waals surface area contributed by atoms with Gasteiger partial charge in [-0.25, -0.2) is 0 Å². The Labute approximate surface area is 829 Å². The van der Waals surface area contributed by atoms with E-state index in [1.165, 1.54) is 565 Å². The molecule has 0 saturated carbocycles. The fourth-order valence-corrected chi connectivity index (χ4v) is 28.3. The van der Waals surface area contributed by atoms with Gasteiger partial charge in [0.25, 0.3) is 0 Å². The molecule has 14 atom stereocenters. The van der Waals surface area contributed by atoms with Crippen LogP contribution < -0.4 is 0 Å². The lowest BCUT2D eigenvalue weighted by molar-refractivity contribution is -0.255. The lowest BCUT2D eigenvalue weighted by atomic mass is 9.29. The van der Waals surface area contributed by atoms with Crippen molar-refractivity contribution in [3.05, 3.63) is 18.1 Å². The van der Waals surface area contributed by atoms with E-state index in [1.54, 1.807) is 25.7 Å². The SMILES string of the molecule is CCCCCCCC=CCCCCCC(CC(CCC)CCCCC)(C(C)CC(CCC)CCCCC)C(CC(CCC)CCCCC)(C(CC)CCCCCCCCCCC)C(CC(CC)CCCCCCCCCC)(CC(CCC)CCCCC)C(CCC)(CCC(CC)CCCCCCCCC)[C](CCCC(CC)CCCCCCCC)CC(CCC)CCCCC. The zero-order chi connectivity index (χ0) is 95.8. The fourth-order valence-electron chi connectivity index (χ4n) is 28.3. The average Bonchev–Trinajstić information content (AvgIpc) is 0.670. The van der Waals surface area contributed by atoms with Crippen LogP contribution in [0.3, 0.4) is 0 Å². The van der Waals surface area contributed by atoms with Gasteiger partial charge in [0, 0.05) is 0 Å². The molecular weight excluding hydrogens is 1560 g/mol. The van der Waals surface area contributed by atoms with Gasteiger partial charge in [0.1, 0.15) is 0 Å². The summed E-state index contributed by atoms with van der Waals surface area (Å²) in [6.45, 7) is 55.9. The van der Waals surface area contributed by atoms with Gasteiger partial charge < -0.3 is 0 Å². The van der Waals surface area contributed by atoms with Gasteiger partial charge in [0.05, 0.1) is 0 Å². The van der Waals surface area contributed by atoms with Crippen LogP contribution in [0.25, 0.3) is 0 Å². The average molecular weight is 1820 g/mol. The van der Waals surface area contributed by atoms with E-state index >= 15 is 0 Å². The summed E-state index contributed by atoms with van der Waals surface area (Å²) in [4.78, 5) is 0. The van der Waals surface area contributed by atoms with Gasteiger partial charge in [-0.3, -0.25) is 0 Å². The summed E-state index contributed by atoms with van der Waals surface area (Å²) in [5.74, 6) is 10.0. The molecule has 0 aliphatic heterocycles. The molecule has 14 unspecified atom stereocenters. The Balaban J connectivity index is 12.6. The minimum Gasteiger partial charge on any atom is -0.0885 e. The van der Waals surface area contributed by atoms with Crippen molar-refractivity contribution in [1.29, 1.82) is 0 Å². The van der Waals surface area contributed by atoms with Crippen LogP contribution in [-0.2, 0) is 0 Å². The third-order valence-electron chi connectivity index (χ3n) is 35.7. The summed E-state index contributed by atoms with van der Waals surface area (Å²) in [6.07, 6.45) is 138. The summed E-state index contributed by atoms with van der Waals surface area (Å²) in [6, 6.07) is 0. The Morgan fingerprint density at radius 1 is 0.208 bits per heavy atom. The van der Waals surface area contributed by atoms with Crippen molar-refractivity contribution in [2.45, 2.75) is 736 Å². The number of allylic oxidation sites excluding steroid dienone is 2. The summed E-state index contributed by atoms with van der Waals surface area (Å²) < 4.78 is 0. The number of hydrogen-bond donors (Lipinski definition) is 0. The fraction of sp³-hybridized carbons (Fsp3) is 0.977. The largest absolute Gasteiger partial charge is 0.0885 e. The molecule has 0 heterocycles. The van der Waals surface area contributed by atoms with Crippen molar-refractivity contribution in [1.82, 2.24) is 0 Å². The van der Waals surface area contributed by atoms with Crippen LogP contribution in [0.5, 0.6) is 0 Å². The minimum absolute atomic E-state index is 0.117. The van der Waals surface area contributed by atoms with E-state index in [0.29, 0.717) is 11.8 Å². The molecule has 0 bridgehead atoms. The monoisotopic (exact) mass is 1820 g/mol. The van der Waals surface area contributed by atoms with E-state index in [2.05, 4.69) is 163 Å². The van der Waals surface area contributed by atoms with Crippen LogP contribution >= 0.6 is 0 Å². The predicted molar refractivity (Wildman–Crippen MR) is 601 cm³/mol. The summed E-state index contributed by atoms with van der Waals surface area (Å²) >= 11 is 0. The Hall–Kier alpha value is -0.260. The van der Waals surface area contributed by atoms with Crippen LogP contribution in [0, 0.1) is 86.8 Å². The third-order valence-corrected chi connectivity index (χ3v) is 35.7. The molecule has 0 aromatic heterocycles. The van der Waals surface area contributed by atoms with Crippen molar-refractivity contribution in [3.63, 3.8) is 0 Å². The van der Waals surface area contributed by atoms with Crippen molar-refractivity contribution >= 4 is 0 Å². The van der Waals surface area contributed by atoms with Crippen molar-refractivity contribution in [2.75, 3.05) is 0 Å². The molecule has 0 aliphatic rings. The first-order valence-electron chi connectivity index (χ1n) is 63.2. The van der Waals surface area contributed by atoms with Crippen LogP contribution in [-0.4, -0.2) is 0 Å². The Bertz CT molecular complexity index is 2230. The van der Waals surface area contributed by atoms with E-state index < -0.39 is 0 Å². The molecule has 0 aromatic carbocycles. The van der Waals surface area contributed by atoms with Crippen LogP contribution in [0.4, 0.5) is 0 Å². The molecule has 0 saturated heterocycles. The molecule has 779 valence electrons. The number of rotatable bonds is 107. The topological polar surface area (TPSA) is 0 Å². The highest BCUT2D eigenvalue weighted by Gasteiger charge is 2.73. The van der Waals surface area contributed by atoms with Gasteiger partial charge in [-0.15, -0.1) is 0 Å². The molecule has 0 fully saturated rings. The van der Waals surface area contributed by atoms with Crippen molar-refractivity contribution in [3.8, 4) is 0 Å². The summed E-state index contributed by atoms with van der Waals surface area (Å²) in [7, 11) is 0.